The lowest BCUT2D eigenvalue weighted by atomic mass is 10.0. The molecular weight excluding hydrogens is 276 g/mol. The second-order valence-corrected chi connectivity index (χ2v) is 6.50. The third-order valence-corrected chi connectivity index (χ3v) is 5.07. The van der Waals surface area contributed by atoms with E-state index in [0.29, 0.717) is 17.8 Å². The third kappa shape index (κ3) is 3.00. The molecule has 3 heterocycles. The summed E-state index contributed by atoms with van der Waals surface area (Å²) in [5.41, 5.74) is 0. The maximum Gasteiger partial charge on any atom is 0.232 e. The van der Waals surface area contributed by atoms with Gasteiger partial charge in [0.1, 0.15) is 6.10 Å². The van der Waals surface area contributed by atoms with E-state index in [1.165, 1.54) is 0 Å². The molecule has 2 fully saturated rings. The Labute approximate surface area is 123 Å². The highest BCUT2D eigenvalue weighted by atomic mass is 32.2. The number of aromatic nitrogens is 2. The molecule has 20 heavy (non-hydrogen) atoms. The summed E-state index contributed by atoms with van der Waals surface area (Å²) in [7, 11) is 2.09. The predicted molar refractivity (Wildman–Crippen MR) is 78.0 cm³/mol. The predicted octanol–water partition coefficient (Wildman–Crippen LogP) is 0.881. The summed E-state index contributed by atoms with van der Waals surface area (Å²) in [6.45, 7) is 5.62. The number of hydrogen-bond donors (Lipinski definition) is 1. The van der Waals surface area contributed by atoms with Crippen LogP contribution in [0.15, 0.2) is 4.52 Å². The second-order valence-electron chi connectivity index (χ2n) is 5.42. The van der Waals surface area contributed by atoms with Gasteiger partial charge in [-0.1, -0.05) is 12.1 Å². The van der Waals surface area contributed by atoms with Crippen molar-refractivity contribution in [3.05, 3.63) is 11.7 Å². The van der Waals surface area contributed by atoms with Gasteiger partial charge in [-0.25, -0.2) is 0 Å². The molecule has 0 aliphatic carbocycles. The fourth-order valence-electron chi connectivity index (χ4n) is 2.72. The second kappa shape index (κ2) is 6.43. The van der Waals surface area contributed by atoms with Gasteiger partial charge >= 0.3 is 0 Å². The van der Waals surface area contributed by atoms with E-state index in [-0.39, 0.29) is 6.10 Å². The fraction of sp³-hybridized carbons (Fsp3) is 0.846. The smallest absolute Gasteiger partial charge is 0.232 e. The van der Waals surface area contributed by atoms with Crippen molar-refractivity contribution in [1.82, 2.24) is 20.4 Å². The molecule has 0 spiro atoms. The molecule has 3 atom stereocenters. The molecule has 0 bridgehead atoms. The highest BCUT2D eigenvalue weighted by molar-refractivity contribution is 7.99. The summed E-state index contributed by atoms with van der Waals surface area (Å²) in [6.07, 6.45) is -0.0575. The van der Waals surface area contributed by atoms with Crippen molar-refractivity contribution in [2.24, 2.45) is 0 Å². The van der Waals surface area contributed by atoms with Gasteiger partial charge in [0.15, 0.2) is 0 Å². The molecule has 1 aromatic rings. The molecule has 1 N–H and O–H groups in total. The normalized spacial score (nSPS) is 31.8. The first-order chi connectivity index (χ1) is 9.78. The Bertz CT molecular complexity index is 442. The summed E-state index contributed by atoms with van der Waals surface area (Å²) in [5, 5.41) is 7.64. The summed E-state index contributed by atoms with van der Waals surface area (Å²) in [5.74, 6) is 3.93. The van der Waals surface area contributed by atoms with Crippen molar-refractivity contribution >= 4 is 11.8 Å². The minimum atomic E-state index is -0.0575. The Morgan fingerprint density at radius 2 is 2.35 bits per heavy atom. The van der Waals surface area contributed by atoms with Gasteiger partial charge in [0, 0.05) is 30.6 Å². The van der Waals surface area contributed by atoms with Crippen molar-refractivity contribution in [1.29, 1.82) is 0 Å². The lowest BCUT2D eigenvalue weighted by Gasteiger charge is -2.27. The molecule has 0 aromatic carbocycles. The zero-order chi connectivity index (χ0) is 13.9. The van der Waals surface area contributed by atoms with Gasteiger partial charge in [0.05, 0.1) is 12.5 Å². The summed E-state index contributed by atoms with van der Waals surface area (Å²) < 4.78 is 11.2. The van der Waals surface area contributed by atoms with E-state index >= 15 is 0 Å². The van der Waals surface area contributed by atoms with Gasteiger partial charge in [-0.05, 0) is 13.6 Å². The fourth-order valence-corrected chi connectivity index (χ4v) is 4.09. The molecule has 0 amide bonds. The number of rotatable bonds is 4. The van der Waals surface area contributed by atoms with Crippen molar-refractivity contribution in [2.45, 2.75) is 25.0 Å². The highest BCUT2D eigenvalue weighted by Crippen LogP contribution is 2.32. The van der Waals surface area contributed by atoms with Gasteiger partial charge in [0.2, 0.25) is 11.7 Å². The lowest BCUT2D eigenvalue weighted by Crippen LogP contribution is -2.36. The largest absolute Gasteiger partial charge is 0.367 e. The van der Waals surface area contributed by atoms with Crippen LogP contribution in [0.5, 0.6) is 0 Å². The van der Waals surface area contributed by atoms with E-state index in [4.69, 9.17) is 9.26 Å². The Hall–Kier alpha value is -0.630. The number of thioether (sulfide) groups is 1. The zero-order valence-corrected chi connectivity index (χ0v) is 12.9. The first kappa shape index (κ1) is 14.3. The number of ether oxygens (including phenoxy) is 1. The molecule has 2 aliphatic rings. The number of nitrogens with zero attached hydrogens (tertiary/aromatic N) is 3. The first-order valence-electron chi connectivity index (χ1n) is 7.22. The van der Waals surface area contributed by atoms with Crippen LogP contribution in [0.2, 0.25) is 0 Å². The lowest BCUT2D eigenvalue weighted by molar-refractivity contribution is -0.0264. The third-order valence-electron chi connectivity index (χ3n) is 3.88. The van der Waals surface area contributed by atoms with Crippen LogP contribution in [0.4, 0.5) is 0 Å². The van der Waals surface area contributed by atoms with Crippen LogP contribution in [-0.2, 0) is 4.74 Å². The summed E-state index contributed by atoms with van der Waals surface area (Å²) in [4.78, 5) is 6.83. The number of hydrogen-bond acceptors (Lipinski definition) is 7. The Morgan fingerprint density at radius 3 is 3.15 bits per heavy atom. The van der Waals surface area contributed by atoms with E-state index in [9.17, 15) is 0 Å². The Kier molecular flexibility index (Phi) is 4.60. The number of morpholine rings is 1. The molecule has 2 aliphatic heterocycles. The van der Waals surface area contributed by atoms with Gasteiger partial charge in [-0.15, -0.1) is 0 Å². The summed E-state index contributed by atoms with van der Waals surface area (Å²) >= 11 is 1.94. The van der Waals surface area contributed by atoms with Crippen LogP contribution in [0, 0.1) is 0 Å². The molecule has 0 saturated carbocycles. The van der Waals surface area contributed by atoms with Crippen molar-refractivity contribution < 1.29 is 9.26 Å². The zero-order valence-electron chi connectivity index (χ0n) is 12.0. The average molecular weight is 298 g/mol. The topological polar surface area (TPSA) is 63.4 Å². The molecule has 112 valence electrons. The standard InChI is InChI=1S/C13H22N4O2S/c1-3-14-10-8-20-7-9(10)13-15-12(16-19-13)11-6-17(2)4-5-18-11/h9-11,14H,3-8H2,1-2H3. The van der Waals surface area contributed by atoms with E-state index in [1.807, 2.05) is 11.8 Å². The van der Waals surface area contributed by atoms with Crippen LogP contribution in [0.3, 0.4) is 0 Å². The average Bonchev–Trinajstić information content (AvgIpc) is 3.07. The van der Waals surface area contributed by atoms with Crippen LogP contribution < -0.4 is 5.32 Å². The van der Waals surface area contributed by atoms with Crippen molar-refractivity contribution in [3.63, 3.8) is 0 Å². The van der Waals surface area contributed by atoms with Gasteiger partial charge in [0.25, 0.3) is 0 Å². The Balaban J connectivity index is 1.69. The Morgan fingerprint density at radius 1 is 1.45 bits per heavy atom. The van der Waals surface area contributed by atoms with Gasteiger partial charge in [-0.3, -0.25) is 0 Å². The van der Waals surface area contributed by atoms with Gasteiger partial charge in [-0.2, -0.15) is 16.7 Å². The maximum absolute atomic E-state index is 5.74. The molecular formula is C13H22N4O2S. The van der Waals surface area contributed by atoms with Crippen LogP contribution in [0.1, 0.15) is 30.7 Å². The van der Waals surface area contributed by atoms with Crippen LogP contribution in [0.25, 0.3) is 0 Å². The molecule has 3 rings (SSSR count). The molecule has 0 radical (unpaired) electrons. The van der Waals surface area contributed by atoms with Gasteiger partial charge < -0.3 is 19.5 Å². The van der Waals surface area contributed by atoms with E-state index < -0.39 is 0 Å². The molecule has 1 aromatic heterocycles. The minimum Gasteiger partial charge on any atom is -0.367 e. The molecule has 2 saturated heterocycles. The van der Waals surface area contributed by atoms with Crippen molar-refractivity contribution in [2.75, 3.05) is 44.8 Å². The number of nitrogens with one attached hydrogen (secondary N) is 1. The SMILES string of the molecule is CCNC1CSCC1c1nc(C2CN(C)CCO2)no1. The van der Waals surface area contributed by atoms with Crippen LogP contribution in [-0.4, -0.2) is 65.9 Å². The molecule has 6 nitrogen and oxygen atoms in total. The van der Waals surface area contributed by atoms with E-state index in [0.717, 1.165) is 43.6 Å². The number of likely N-dealkylation sites (N-methyl/N-ethyl adjacent to an activating group) is 2. The van der Waals surface area contributed by atoms with Crippen molar-refractivity contribution in [3.8, 4) is 0 Å². The van der Waals surface area contributed by atoms with E-state index in [2.05, 4.69) is 34.3 Å². The van der Waals surface area contributed by atoms with E-state index in [1.54, 1.807) is 0 Å². The molecule has 7 heteroatoms. The quantitative estimate of drug-likeness (QED) is 0.885. The molecule has 3 unspecified atom stereocenters. The summed E-state index contributed by atoms with van der Waals surface area (Å²) in [6, 6.07) is 0.438. The monoisotopic (exact) mass is 298 g/mol. The minimum absolute atomic E-state index is 0.0575. The highest BCUT2D eigenvalue weighted by Gasteiger charge is 2.34. The van der Waals surface area contributed by atoms with Crippen LogP contribution >= 0.6 is 11.8 Å². The maximum atomic E-state index is 5.74. The first-order valence-corrected chi connectivity index (χ1v) is 8.38.